The van der Waals surface area contributed by atoms with E-state index in [4.69, 9.17) is 27.6 Å². The maximum atomic E-state index is 11.9. The number of amides is 1. The van der Waals surface area contributed by atoms with E-state index >= 15 is 0 Å². The lowest BCUT2D eigenvalue weighted by Gasteiger charge is -1.99. The molecule has 1 heterocycles. The zero-order chi connectivity index (χ0) is 16.9. The number of carbonyl (C=O) groups is 1. The third-order valence-electron chi connectivity index (χ3n) is 3.20. The highest BCUT2D eigenvalue weighted by molar-refractivity contribution is 6.31. The van der Waals surface area contributed by atoms with Gasteiger partial charge in [0.1, 0.15) is 11.5 Å². The zero-order valence-electron chi connectivity index (χ0n) is 12.4. The van der Waals surface area contributed by atoms with Crippen LogP contribution in [0, 0.1) is 0 Å². The summed E-state index contributed by atoms with van der Waals surface area (Å²) >= 11 is 11.7. The zero-order valence-corrected chi connectivity index (χ0v) is 13.9. The fraction of sp³-hybridized carbons (Fsp3) is 0. The minimum atomic E-state index is -0.349. The summed E-state index contributed by atoms with van der Waals surface area (Å²) < 4.78 is 5.65. The van der Waals surface area contributed by atoms with Crippen molar-refractivity contribution in [2.45, 2.75) is 0 Å². The molecule has 1 N–H and O–H groups in total. The smallest absolute Gasteiger partial charge is 0.271 e. The van der Waals surface area contributed by atoms with Crippen LogP contribution in [0.4, 0.5) is 0 Å². The van der Waals surface area contributed by atoms with Gasteiger partial charge in [0.25, 0.3) is 5.91 Å². The second-order valence-corrected chi connectivity index (χ2v) is 5.79. The quantitative estimate of drug-likeness (QED) is 0.525. The minimum Gasteiger partial charge on any atom is -0.455 e. The Labute approximate surface area is 148 Å². The van der Waals surface area contributed by atoms with E-state index in [0.29, 0.717) is 27.1 Å². The molecule has 4 nitrogen and oxygen atoms in total. The Morgan fingerprint density at radius 1 is 1.00 bits per heavy atom. The first kappa shape index (κ1) is 16.3. The second-order valence-electron chi connectivity index (χ2n) is 4.92. The summed E-state index contributed by atoms with van der Waals surface area (Å²) in [4.78, 5) is 11.9. The van der Waals surface area contributed by atoms with Gasteiger partial charge in [0.15, 0.2) is 0 Å². The first-order chi connectivity index (χ1) is 11.6. The second kappa shape index (κ2) is 7.34. The summed E-state index contributed by atoms with van der Waals surface area (Å²) in [7, 11) is 0. The molecule has 0 aliphatic carbocycles. The van der Waals surface area contributed by atoms with E-state index in [1.807, 2.05) is 18.2 Å². The van der Waals surface area contributed by atoms with Crippen LogP contribution >= 0.6 is 23.2 Å². The predicted octanol–water partition coefficient (Wildman–Crippen LogP) is 5.02. The minimum absolute atomic E-state index is 0.349. The van der Waals surface area contributed by atoms with Crippen LogP contribution in [0.3, 0.4) is 0 Å². The highest BCUT2D eigenvalue weighted by Gasteiger charge is 2.05. The molecule has 0 aliphatic heterocycles. The summed E-state index contributed by atoms with van der Waals surface area (Å²) in [5.74, 6) is 0.860. The van der Waals surface area contributed by atoms with Crippen LogP contribution < -0.4 is 5.43 Å². The van der Waals surface area contributed by atoms with Gasteiger partial charge < -0.3 is 4.42 Å². The number of nitrogens with zero attached hydrogens (tertiary/aromatic N) is 1. The fourth-order valence-corrected chi connectivity index (χ4v) is 2.36. The van der Waals surface area contributed by atoms with E-state index < -0.39 is 0 Å². The highest BCUT2D eigenvalue weighted by atomic mass is 35.5. The maximum absolute atomic E-state index is 11.9. The van der Waals surface area contributed by atoms with Crippen LogP contribution in [-0.4, -0.2) is 12.1 Å². The van der Waals surface area contributed by atoms with Crippen molar-refractivity contribution in [3.05, 3.63) is 82.0 Å². The number of rotatable bonds is 4. The Morgan fingerprint density at radius 3 is 2.54 bits per heavy atom. The molecule has 0 radical (unpaired) electrons. The molecule has 6 heteroatoms. The van der Waals surface area contributed by atoms with E-state index in [9.17, 15) is 4.79 Å². The van der Waals surface area contributed by atoms with Crippen molar-refractivity contribution in [3.63, 3.8) is 0 Å². The molecule has 0 spiro atoms. The number of hydrazone groups is 1. The lowest BCUT2D eigenvalue weighted by Crippen LogP contribution is -2.17. The topological polar surface area (TPSA) is 54.6 Å². The molecule has 24 heavy (non-hydrogen) atoms. The molecule has 0 bridgehead atoms. The van der Waals surface area contributed by atoms with Crippen LogP contribution in [0.15, 0.2) is 70.2 Å². The highest BCUT2D eigenvalue weighted by Crippen LogP contribution is 2.23. The number of halogens is 2. The van der Waals surface area contributed by atoms with Gasteiger partial charge in [0.05, 0.1) is 6.21 Å². The lowest BCUT2D eigenvalue weighted by atomic mass is 10.2. The summed E-state index contributed by atoms with van der Waals surface area (Å²) in [5.41, 5.74) is 3.76. The first-order valence-electron chi connectivity index (χ1n) is 7.06. The standard InChI is InChI=1S/C18H12Cl2N2O2/c19-14-6-4-12(5-7-14)17-9-8-16(24-17)11-21-22-18(23)13-2-1-3-15(20)10-13/h1-11H,(H,22,23)/b21-11+. The molecule has 2 aromatic carbocycles. The Bertz CT molecular complexity index is 886. The molecule has 3 aromatic rings. The Morgan fingerprint density at radius 2 is 1.79 bits per heavy atom. The van der Waals surface area contributed by atoms with Crippen molar-refractivity contribution in [3.8, 4) is 11.3 Å². The summed E-state index contributed by atoms with van der Waals surface area (Å²) in [5, 5.41) is 5.04. The molecule has 3 rings (SSSR count). The van der Waals surface area contributed by atoms with Gasteiger partial charge >= 0.3 is 0 Å². The van der Waals surface area contributed by atoms with Crippen LogP contribution in [0.2, 0.25) is 10.0 Å². The summed E-state index contributed by atoms with van der Waals surface area (Å²) in [6, 6.07) is 17.5. The molecule has 120 valence electrons. The van der Waals surface area contributed by atoms with Gasteiger partial charge in [-0.15, -0.1) is 0 Å². The van der Waals surface area contributed by atoms with E-state index in [1.165, 1.54) is 6.21 Å². The molecule has 0 fully saturated rings. The molecule has 0 saturated heterocycles. The third kappa shape index (κ3) is 4.04. The normalized spacial score (nSPS) is 10.9. The van der Waals surface area contributed by atoms with Gasteiger partial charge in [0, 0.05) is 21.2 Å². The number of benzene rings is 2. The van der Waals surface area contributed by atoms with Crippen LogP contribution in [0.5, 0.6) is 0 Å². The van der Waals surface area contributed by atoms with Crippen molar-refractivity contribution in [2.75, 3.05) is 0 Å². The molecule has 0 atom stereocenters. The molecule has 0 aliphatic rings. The van der Waals surface area contributed by atoms with Gasteiger partial charge in [-0.3, -0.25) is 4.79 Å². The van der Waals surface area contributed by atoms with Crippen molar-refractivity contribution in [2.24, 2.45) is 5.10 Å². The largest absolute Gasteiger partial charge is 0.455 e. The molecule has 1 amide bonds. The van der Waals surface area contributed by atoms with Gasteiger partial charge in [-0.2, -0.15) is 5.10 Å². The number of hydrogen-bond acceptors (Lipinski definition) is 3. The monoisotopic (exact) mass is 358 g/mol. The molecule has 0 saturated carbocycles. The fourth-order valence-electron chi connectivity index (χ4n) is 2.04. The molecular weight excluding hydrogens is 347 g/mol. The number of hydrogen-bond donors (Lipinski definition) is 1. The van der Waals surface area contributed by atoms with E-state index in [-0.39, 0.29) is 5.91 Å². The average molecular weight is 359 g/mol. The van der Waals surface area contributed by atoms with Crippen LogP contribution in [0.1, 0.15) is 16.1 Å². The third-order valence-corrected chi connectivity index (χ3v) is 3.69. The number of furan rings is 1. The van der Waals surface area contributed by atoms with Crippen molar-refractivity contribution in [1.29, 1.82) is 0 Å². The Hall–Kier alpha value is -2.56. The van der Waals surface area contributed by atoms with E-state index in [2.05, 4.69) is 10.5 Å². The average Bonchev–Trinajstić information content (AvgIpc) is 3.04. The first-order valence-corrected chi connectivity index (χ1v) is 7.82. The Balaban J connectivity index is 1.65. The van der Waals surface area contributed by atoms with E-state index in [0.717, 1.165) is 5.56 Å². The predicted molar refractivity (Wildman–Crippen MR) is 95.7 cm³/mol. The lowest BCUT2D eigenvalue weighted by molar-refractivity contribution is 0.0955. The van der Waals surface area contributed by atoms with Crippen LogP contribution in [0.25, 0.3) is 11.3 Å². The van der Waals surface area contributed by atoms with Crippen molar-refractivity contribution >= 4 is 35.3 Å². The van der Waals surface area contributed by atoms with Crippen molar-refractivity contribution < 1.29 is 9.21 Å². The van der Waals surface area contributed by atoms with Crippen LogP contribution in [-0.2, 0) is 0 Å². The van der Waals surface area contributed by atoms with Crippen molar-refractivity contribution in [1.82, 2.24) is 5.43 Å². The Kier molecular flexibility index (Phi) is 4.99. The van der Waals surface area contributed by atoms with Gasteiger partial charge in [-0.1, -0.05) is 29.3 Å². The van der Waals surface area contributed by atoms with E-state index in [1.54, 1.807) is 42.5 Å². The molecule has 1 aromatic heterocycles. The molecule has 0 unspecified atom stereocenters. The molecular formula is C18H12Cl2N2O2. The number of carbonyl (C=O) groups excluding carboxylic acids is 1. The number of nitrogens with one attached hydrogen (secondary N) is 1. The van der Waals surface area contributed by atoms with Gasteiger partial charge in [0.2, 0.25) is 0 Å². The summed E-state index contributed by atoms with van der Waals surface area (Å²) in [6.07, 6.45) is 1.43. The maximum Gasteiger partial charge on any atom is 0.271 e. The summed E-state index contributed by atoms with van der Waals surface area (Å²) in [6.45, 7) is 0. The van der Waals surface area contributed by atoms with Gasteiger partial charge in [-0.25, -0.2) is 5.43 Å². The SMILES string of the molecule is O=C(N/N=C/c1ccc(-c2ccc(Cl)cc2)o1)c1cccc(Cl)c1. The van der Waals surface area contributed by atoms with Gasteiger partial charge in [-0.05, 0) is 54.6 Å².